The molecule has 0 spiro atoms. The molecule has 120 valence electrons. The summed E-state index contributed by atoms with van der Waals surface area (Å²) in [7, 11) is -2.43. The highest BCUT2D eigenvalue weighted by Gasteiger charge is 2.60. The first kappa shape index (κ1) is 14.8. The van der Waals surface area contributed by atoms with Crippen LogP contribution < -0.4 is 4.89 Å². The van der Waals surface area contributed by atoms with Gasteiger partial charge in [-0.25, -0.2) is 0 Å². The number of fused-ring (bicyclic) bond motifs is 1. The fourth-order valence-corrected chi connectivity index (χ4v) is 8.84. The lowest BCUT2D eigenvalue weighted by molar-refractivity contribution is -0.206. The van der Waals surface area contributed by atoms with Crippen LogP contribution in [-0.4, -0.2) is 52.3 Å². The average Bonchev–Trinajstić information content (AvgIpc) is 3.12. The van der Waals surface area contributed by atoms with E-state index in [2.05, 4.69) is 14.0 Å². The highest BCUT2D eigenvalue weighted by Crippen LogP contribution is 2.68. The van der Waals surface area contributed by atoms with Crippen molar-refractivity contribution in [3.05, 3.63) is 0 Å². The summed E-state index contributed by atoms with van der Waals surface area (Å²) in [6.45, 7) is 4.27. The fraction of sp³-hybridized carbons (Fsp3) is 1.00. The Balaban J connectivity index is 1.60. The molecular formula is C16H30N3OP. The van der Waals surface area contributed by atoms with Crippen molar-refractivity contribution >= 4 is 7.94 Å². The first-order valence-corrected chi connectivity index (χ1v) is 10.8. The van der Waals surface area contributed by atoms with Crippen LogP contribution in [0.25, 0.3) is 0 Å². The summed E-state index contributed by atoms with van der Waals surface area (Å²) < 4.78 is 7.34. The molecule has 0 aromatic carbocycles. The third kappa shape index (κ3) is 2.48. The van der Waals surface area contributed by atoms with Crippen LogP contribution in [0.15, 0.2) is 0 Å². The Bertz CT molecular complexity index is 371. The van der Waals surface area contributed by atoms with E-state index in [4.69, 9.17) is 0 Å². The van der Waals surface area contributed by atoms with Gasteiger partial charge in [0.1, 0.15) is 0 Å². The molecule has 3 aliphatic heterocycles. The Kier molecular flexibility index (Phi) is 4.27. The molecule has 1 unspecified atom stereocenters. The third-order valence-electron chi connectivity index (χ3n) is 6.11. The second-order valence-electron chi connectivity index (χ2n) is 7.40. The van der Waals surface area contributed by atoms with Crippen molar-refractivity contribution in [1.82, 2.24) is 14.0 Å². The van der Waals surface area contributed by atoms with Crippen LogP contribution in [0.4, 0.5) is 0 Å². The Morgan fingerprint density at radius 2 is 1.33 bits per heavy atom. The zero-order valence-electron chi connectivity index (χ0n) is 13.3. The van der Waals surface area contributed by atoms with Crippen LogP contribution in [0.1, 0.15) is 64.2 Å². The van der Waals surface area contributed by atoms with Crippen LogP contribution in [0.5, 0.6) is 0 Å². The summed E-state index contributed by atoms with van der Waals surface area (Å²) in [6.07, 6.45) is 12.9. The van der Waals surface area contributed by atoms with Gasteiger partial charge in [0, 0.05) is 25.7 Å². The van der Waals surface area contributed by atoms with Gasteiger partial charge in [0.05, 0.1) is 12.6 Å². The zero-order valence-corrected chi connectivity index (χ0v) is 14.1. The molecule has 1 aliphatic carbocycles. The third-order valence-corrected chi connectivity index (χ3v) is 9.60. The molecule has 0 radical (unpaired) electrons. The Morgan fingerprint density at radius 3 is 2.10 bits per heavy atom. The van der Waals surface area contributed by atoms with Crippen molar-refractivity contribution in [2.75, 3.05) is 26.2 Å². The summed E-state index contributed by atoms with van der Waals surface area (Å²) in [5, 5.41) is 0. The molecule has 4 aliphatic rings. The van der Waals surface area contributed by atoms with Gasteiger partial charge in [0.2, 0.25) is 0 Å². The quantitative estimate of drug-likeness (QED) is 0.734. The predicted molar refractivity (Wildman–Crippen MR) is 85.7 cm³/mol. The van der Waals surface area contributed by atoms with E-state index < -0.39 is 7.94 Å². The van der Waals surface area contributed by atoms with Crippen molar-refractivity contribution in [3.63, 3.8) is 0 Å². The van der Waals surface area contributed by atoms with E-state index in [1.165, 1.54) is 64.2 Å². The molecule has 4 rings (SSSR count). The molecule has 0 aromatic heterocycles. The van der Waals surface area contributed by atoms with Gasteiger partial charge in [-0.3, -0.25) is 0 Å². The average molecular weight is 311 g/mol. The summed E-state index contributed by atoms with van der Waals surface area (Å²) in [6, 6.07) is 1.18. The fourth-order valence-electron chi connectivity index (χ4n) is 5.02. The normalized spacial score (nSPS) is 40.7. The van der Waals surface area contributed by atoms with Gasteiger partial charge in [-0.2, -0.15) is 4.67 Å². The maximum Gasteiger partial charge on any atom is 0.186 e. The molecule has 0 aromatic rings. The molecule has 1 saturated carbocycles. The zero-order chi connectivity index (χ0) is 14.3. The Hall–Kier alpha value is 0.270. The molecule has 0 N–H and O–H groups in total. The van der Waals surface area contributed by atoms with Gasteiger partial charge < -0.3 is 4.89 Å². The highest BCUT2D eigenvalue weighted by molar-refractivity contribution is 7.62. The van der Waals surface area contributed by atoms with Crippen molar-refractivity contribution in [2.45, 2.75) is 76.3 Å². The van der Waals surface area contributed by atoms with Gasteiger partial charge >= 0.3 is 0 Å². The number of piperidine rings is 1. The summed E-state index contributed by atoms with van der Waals surface area (Å²) >= 11 is 0. The van der Waals surface area contributed by atoms with E-state index in [0.29, 0.717) is 12.1 Å². The minimum atomic E-state index is -2.43. The molecular weight excluding hydrogens is 281 g/mol. The Labute approximate surface area is 130 Å². The SMILES string of the molecule is [O-][P+]1(N2CCCCC2)N(C2CCCCC2)C[C@@H]2CCCN21. The molecule has 4 fully saturated rings. The van der Waals surface area contributed by atoms with E-state index in [-0.39, 0.29) is 0 Å². The predicted octanol–water partition coefficient (Wildman–Crippen LogP) is 2.62. The number of hydrogen-bond donors (Lipinski definition) is 0. The monoisotopic (exact) mass is 311 g/mol. The van der Waals surface area contributed by atoms with E-state index >= 15 is 0 Å². The van der Waals surface area contributed by atoms with E-state index in [0.717, 1.165) is 26.2 Å². The molecule has 2 atom stereocenters. The van der Waals surface area contributed by atoms with Crippen LogP contribution in [0.3, 0.4) is 0 Å². The summed E-state index contributed by atoms with van der Waals surface area (Å²) in [5.74, 6) is 0. The number of nitrogens with zero attached hydrogens (tertiary/aromatic N) is 3. The van der Waals surface area contributed by atoms with Crippen LogP contribution in [-0.2, 0) is 0 Å². The number of rotatable bonds is 2. The highest BCUT2D eigenvalue weighted by atomic mass is 31.2. The molecule has 3 saturated heterocycles. The summed E-state index contributed by atoms with van der Waals surface area (Å²) in [5.41, 5.74) is 0. The van der Waals surface area contributed by atoms with Crippen molar-refractivity contribution in [1.29, 1.82) is 0 Å². The second-order valence-corrected chi connectivity index (χ2v) is 10.0. The van der Waals surface area contributed by atoms with Gasteiger partial charge in [-0.1, -0.05) is 25.7 Å². The minimum Gasteiger partial charge on any atom is -0.636 e. The lowest BCUT2D eigenvalue weighted by Crippen LogP contribution is -2.49. The molecule has 5 heteroatoms. The standard InChI is InChI=1S/C16H30N3OP/c20-21(17-11-5-2-6-12-17)18-13-7-10-16(18)14-19(21)15-8-3-1-4-9-15/h15-16H,1-14H2/t16-,21?/m0/s1. The van der Waals surface area contributed by atoms with Crippen LogP contribution >= 0.6 is 7.94 Å². The van der Waals surface area contributed by atoms with Crippen molar-refractivity contribution < 1.29 is 4.89 Å². The number of hydrogen-bond acceptors (Lipinski definition) is 4. The molecule has 0 bridgehead atoms. The van der Waals surface area contributed by atoms with Crippen LogP contribution in [0.2, 0.25) is 0 Å². The van der Waals surface area contributed by atoms with E-state index in [1.54, 1.807) is 0 Å². The van der Waals surface area contributed by atoms with E-state index in [1.807, 2.05) is 0 Å². The van der Waals surface area contributed by atoms with Gasteiger partial charge in [0.15, 0.2) is 7.94 Å². The minimum absolute atomic E-state index is 0.583. The second kappa shape index (κ2) is 6.05. The van der Waals surface area contributed by atoms with Gasteiger partial charge in [-0.05, 0) is 38.5 Å². The topological polar surface area (TPSA) is 32.8 Å². The largest absolute Gasteiger partial charge is 0.636 e. The van der Waals surface area contributed by atoms with Gasteiger partial charge in [-0.15, -0.1) is 9.34 Å². The van der Waals surface area contributed by atoms with E-state index in [9.17, 15) is 4.89 Å². The summed E-state index contributed by atoms with van der Waals surface area (Å²) in [4.78, 5) is 14.2. The lowest BCUT2D eigenvalue weighted by atomic mass is 9.95. The van der Waals surface area contributed by atoms with Gasteiger partial charge in [0.25, 0.3) is 0 Å². The van der Waals surface area contributed by atoms with Crippen molar-refractivity contribution in [3.8, 4) is 0 Å². The Morgan fingerprint density at radius 1 is 0.667 bits per heavy atom. The maximum absolute atomic E-state index is 14.2. The molecule has 21 heavy (non-hydrogen) atoms. The molecule has 3 heterocycles. The lowest BCUT2D eigenvalue weighted by Gasteiger charge is -2.49. The smallest absolute Gasteiger partial charge is 0.186 e. The first-order chi connectivity index (χ1) is 10.3. The molecule has 4 nitrogen and oxygen atoms in total. The molecule has 0 amide bonds. The maximum atomic E-state index is 14.2. The van der Waals surface area contributed by atoms with Crippen molar-refractivity contribution in [2.24, 2.45) is 0 Å². The van der Waals surface area contributed by atoms with Crippen LogP contribution in [0, 0.1) is 0 Å². The first-order valence-electron chi connectivity index (χ1n) is 9.20.